The van der Waals surface area contributed by atoms with Crippen LogP contribution in [0.15, 0.2) is 0 Å². The maximum Gasteiger partial charge on any atom is 0.307 e. The minimum atomic E-state index is -1.18. The van der Waals surface area contributed by atoms with Crippen molar-refractivity contribution < 1.29 is 29.6 Å². The highest BCUT2D eigenvalue weighted by atomic mass is 16.5. The van der Waals surface area contributed by atoms with Gasteiger partial charge in [0, 0.05) is 6.61 Å². The lowest BCUT2D eigenvalue weighted by atomic mass is 9.76. The molecule has 1 rings (SSSR count). The van der Waals surface area contributed by atoms with Crippen molar-refractivity contribution in [3.05, 3.63) is 0 Å². The van der Waals surface area contributed by atoms with E-state index in [9.17, 15) is 14.7 Å². The fourth-order valence-corrected chi connectivity index (χ4v) is 2.09. The summed E-state index contributed by atoms with van der Waals surface area (Å²) >= 11 is 0. The molecule has 0 heterocycles. The van der Waals surface area contributed by atoms with Gasteiger partial charge >= 0.3 is 11.9 Å². The smallest absolute Gasteiger partial charge is 0.307 e. The van der Waals surface area contributed by atoms with E-state index in [1.54, 1.807) is 6.92 Å². The zero-order valence-electron chi connectivity index (χ0n) is 9.00. The van der Waals surface area contributed by atoms with E-state index >= 15 is 0 Å². The number of aliphatic hydroxyl groups excluding tert-OH is 1. The lowest BCUT2D eigenvalue weighted by Crippen LogP contribution is -2.45. The van der Waals surface area contributed by atoms with Crippen LogP contribution in [0.25, 0.3) is 0 Å². The number of carboxylic acids is 2. The average Bonchev–Trinajstić information content (AvgIpc) is 2.20. The van der Waals surface area contributed by atoms with Crippen LogP contribution in [0.3, 0.4) is 0 Å². The number of hydrogen-bond acceptors (Lipinski definition) is 4. The molecule has 6 nitrogen and oxygen atoms in total. The van der Waals surface area contributed by atoms with Gasteiger partial charge < -0.3 is 20.1 Å². The fourth-order valence-electron chi connectivity index (χ4n) is 2.09. The highest BCUT2D eigenvalue weighted by Gasteiger charge is 2.43. The van der Waals surface area contributed by atoms with Crippen LogP contribution in [0, 0.1) is 11.8 Å². The topological polar surface area (TPSA) is 104 Å². The Labute approximate surface area is 92.8 Å². The van der Waals surface area contributed by atoms with Gasteiger partial charge in [-0.25, -0.2) is 0 Å². The molecule has 92 valence electrons. The van der Waals surface area contributed by atoms with Crippen LogP contribution < -0.4 is 0 Å². The van der Waals surface area contributed by atoms with Crippen molar-refractivity contribution in [3.63, 3.8) is 0 Å². The minimum Gasteiger partial charge on any atom is -0.481 e. The Morgan fingerprint density at radius 1 is 1.19 bits per heavy atom. The highest BCUT2D eigenvalue weighted by Crippen LogP contribution is 2.32. The normalized spacial score (nSPS) is 34.6. The van der Waals surface area contributed by atoms with Gasteiger partial charge in [0.2, 0.25) is 0 Å². The van der Waals surface area contributed by atoms with Gasteiger partial charge in [-0.15, -0.1) is 0 Å². The number of aliphatic carboxylic acids is 2. The standard InChI is InChI=1S/C10H16O6/c1-2-16-8-4-6(10(14)15)5(9(12)13)3-7(8)11/h5-8,11H,2-4H2,1H3,(H,12,13)(H,14,15)/t5-,6+,7-,8-/m1/s1. The van der Waals surface area contributed by atoms with Crippen LogP contribution in [0.5, 0.6) is 0 Å². The zero-order chi connectivity index (χ0) is 12.3. The first-order chi connectivity index (χ1) is 7.47. The van der Waals surface area contributed by atoms with E-state index in [-0.39, 0.29) is 12.8 Å². The van der Waals surface area contributed by atoms with Crippen LogP contribution in [0.1, 0.15) is 19.8 Å². The second-order valence-electron chi connectivity index (χ2n) is 3.92. The lowest BCUT2D eigenvalue weighted by molar-refractivity contribution is -0.165. The molecule has 0 spiro atoms. The number of hydrogen-bond donors (Lipinski definition) is 3. The summed E-state index contributed by atoms with van der Waals surface area (Å²) in [6.45, 7) is 2.11. The predicted molar refractivity (Wildman–Crippen MR) is 52.9 cm³/mol. The third kappa shape index (κ3) is 2.70. The van der Waals surface area contributed by atoms with Gasteiger partial charge in [-0.3, -0.25) is 9.59 Å². The molecule has 0 amide bonds. The van der Waals surface area contributed by atoms with Crippen molar-refractivity contribution in [2.45, 2.75) is 32.0 Å². The molecule has 4 atom stereocenters. The monoisotopic (exact) mass is 232 g/mol. The van der Waals surface area contributed by atoms with Crippen molar-refractivity contribution >= 4 is 11.9 Å². The Bertz CT molecular complexity index is 276. The molecule has 0 saturated heterocycles. The van der Waals surface area contributed by atoms with Gasteiger partial charge in [-0.05, 0) is 19.8 Å². The van der Waals surface area contributed by atoms with Crippen LogP contribution >= 0.6 is 0 Å². The summed E-state index contributed by atoms with van der Waals surface area (Å²) in [6.07, 6.45) is -1.52. The van der Waals surface area contributed by atoms with Gasteiger partial charge in [0.25, 0.3) is 0 Å². The van der Waals surface area contributed by atoms with Crippen LogP contribution in [0.2, 0.25) is 0 Å². The molecule has 6 heteroatoms. The van der Waals surface area contributed by atoms with E-state index in [0.717, 1.165) is 0 Å². The Hall–Kier alpha value is -1.14. The Balaban J connectivity index is 2.77. The highest BCUT2D eigenvalue weighted by molar-refractivity contribution is 5.80. The third-order valence-corrected chi connectivity index (χ3v) is 2.91. The number of ether oxygens (including phenoxy) is 1. The Morgan fingerprint density at radius 3 is 2.12 bits per heavy atom. The average molecular weight is 232 g/mol. The molecule has 0 bridgehead atoms. The summed E-state index contributed by atoms with van der Waals surface area (Å²) in [4.78, 5) is 21.8. The summed E-state index contributed by atoms with van der Waals surface area (Å²) in [7, 11) is 0. The molecule has 0 aromatic carbocycles. The zero-order valence-corrected chi connectivity index (χ0v) is 9.00. The fraction of sp³-hybridized carbons (Fsp3) is 0.800. The van der Waals surface area contributed by atoms with E-state index in [4.69, 9.17) is 14.9 Å². The number of carbonyl (C=O) groups is 2. The van der Waals surface area contributed by atoms with Crippen molar-refractivity contribution in [1.82, 2.24) is 0 Å². The molecule has 0 aromatic heterocycles. The van der Waals surface area contributed by atoms with E-state index in [1.165, 1.54) is 0 Å². The summed E-state index contributed by atoms with van der Waals surface area (Å²) in [6, 6.07) is 0. The van der Waals surface area contributed by atoms with Gasteiger partial charge in [0.1, 0.15) is 0 Å². The molecule has 1 saturated carbocycles. The van der Waals surface area contributed by atoms with Crippen LogP contribution in [-0.2, 0) is 14.3 Å². The molecule has 0 radical (unpaired) electrons. The molecular weight excluding hydrogens is 216 g/mol. The number of carboxylic acid groups (broad SMARTS) is 2. The molecule has 0 aliphatic heterocycles. The van der Waals surface area contributed by atoms with Gasteiger partial charge in [0.15, 0.2) is 0 Å². The van der Waals surface area contributed by atoms with Crippen LogP contribution in [0.4, 0.5) is 0 Å². The lowest BCUT2D eigenvalue weighted by Gasteiger charge is -2.34. The first kappa shape index (κ1) is 12.9. The van der Waals surface area contributed by atoms with Crippen molar-refractivity contribution in [2.75, 3.05) is 6.61 Å². The van der Waals surface area contributed by atoms with Gasteiger partial charge in [0.05, 0.1) is 24.0 Å². The van der Waals surface area contributed by atoms with Gasteiger partial charge in [-0.2, -0.15) is 0 Å². The maximum absolute atomic E-state index is 10.9. The molecule has 1 aliphatic carbocycles. The largest absolute Gasteiger partial charge is 0.481 e. The molecule has 1 aliphatic rings. The van der Waals surface area contributed by atoms with E-state index in [0.29, 0.717) is 6.61 Å². The summed E-state index contributed by atoms with van der Waals surface area (Å²) in [5, 5.41) is 27.4. The van der Waals surface area contributed by atoms with E-state index < -0.39 is 36.0 Å². The first-order valence-corrected chi connectivity index (χ1v) is 5.22. The number of rotatable bonds is 4. The SMILES string of the molecule is CCO[C@@H]1C[C@H](C(=O)O)[C@H](C(=O)O)C[C@H]1O. The summed E-state index contributed by atoms with van der Waals surface area (Å²) in [5.41, 5.74) is 0. The van der Waals surface area contributed by atoms with Crippen molar-refractivity contribution in [2.24, 2.45) is 11.8 Å². The molecule has 3 N–H and O–H groups in total. The third-order valence-electron chi connectivity index (χ3n) is 2.91. The molecule has 1 fully saturated rings. The Morgan fingerprint density at radius 2 is 1.69 bits per heavy atom. The molecule has 16 heavy (non-hydrogen) atoms. The van der Waals surface area contributed by atoms with E-state index in [1.807, 2.05) is 0 Å². The summed E-state index contributed by atoms with van der Waals surface area (Å²) < 4.78 is 5.20. The second kappa shape index (κ2) is 5.27. The predicted octanol–water partition coefficient (Wildman–Crippen LogP) is -0.0522. The van der Waals surface area contributed by atoms with Crippen LogP contribution in [-0.4, -0.2) is 46.1 Å². The first-order valence-electron chi connectivity index (χ1n) is 5.22. The van der Waals surface area contributed by atoms with Crippen molar-refractivity contribution in [1.29, 1.82) is 0 Å². The van der Waals surface area contributed by atoms with E-state index in [2.05, 4.69) is 0 Å². The number of aliphatic hydroxyl groups is 1. The molecular formula is C10H16O6. The minimum absolute atomic E-state index is 0.0430. The maximum atomic E-state index is 10.9. The molecule has 0 unspecified atom stereocenters. The van der Waals surface area contributed by atoms with Gasteiger partial charge in [-0.1, -0.05) is 0 Å². The molecule has 0 aromatic rings. The Kier molecular flexibility index (Phi) is 4.26. The summed E-state index contributed by atoms with van der Waals surface area (Å²) in [5.74, 6) is -4.35. The quantitative estimate of drug-likeness (QED) is 0.627. The second-order valence-corrected chi connectivity index (χ2v) is 3.92. The van der Waals surface area contributed by atoms with Crippen molar-refractivity contribution in [3.8, 4) is 0 Å².